The number of fused-ring (bicyclic) bond motifs is 7. The lowest BCUT2D eigenvalue weighted by Gasteiger charge is -2.53. The molecule has 7 rings (SSSR count). The van der Waals surface area contributed by atoms with Gasteiger partial charge in [-0.3, -0.25) is 0 Å². The Labute approximate surface area is 267 Å². The zero-order valence-corrected chi connectivity index (χ0v) is 28.3. The summed E-state index contributed by atoms with van der Waals surface area (Å²) in [6, 6.07) is 17.5. The fraction of sp³-hybridized carbons (Fsp3) is 0.684. The molecule has 0 spiro atoms. The summed E-state index contributed by atoms with van der Waals surface area (Å²) in [6.07, 6.45) is 17.0. The summed E-state index contributed by atoms with van der Waals surface area (Å²) in [6.45, 7) is 4.68. The predicted octanol–water partition coefficient (Wildman–Crippen LogP) is 10.3. The van der Waals surface area contributed by atoms with Gasteiger partial charge in [-0.15, -0.1) is 0 Å². The molecule has 10 atom stereocenters. The van der Waals surface area contributed by atoms with E-state index in [0.717, 1.165) is 35.2 Å². The van der Waals surface area contributed by atoms with E-state index >= 15 is 0 Å². The first-order chi connectivity index (χ1) is 21.6. The Balaban J connectivity index is 1.27. The standard InChI is InChI=1S/C38H54NO4P/c1-25(27-13-19-31(40-3)20-14-27)39(26(2)28-15-21-32(41-4)22-16-28)44-42-35-23-17-29-9-5-7-11-33(29)37(35)38-34-12-8-6-10-30(34)18-24-36(38)43-44/h13-16,19-22,25-26,29-30,33-38H,5-12,17-18,23-24H2,1-4H3/t25-,26-,29?,30?,33?,34?,35?,36?,37?,38?,44?/m0/s1. The Morgan fingerprint density at radius 3 is 1.41 bits per heavy atom. The molecule has 2 aromatic rings. The molecule has 4 aliphatic carbocycles. The molecule has 0 aromatic heterocycles. The smallest absolute Gasteiger partial charge is 0.260 e. The maximum Gasteiger partial charge on any atom is 0.260 e. The van der Waals surface area contributed by atoms with Crippen molar-refractivity contribution in [1.82, 2.24) is 4.67 Å². The molecule has 2 aromatic carbocycles. The van der Waals surface area contributed by atoms with Gasteiger partial charge in [-0.1, -0.05) is 62.8 Å². The number of rotatable bonds is 7. The van der Waals surface area contributed by atoms with Gasteiger partial charge in [-0.2, -0.15) is 0 Å². The number of benzene rings is 2. The third-order valence-corrected chi connectivity index (χ3v) is 14.5. The van der Waals surface area contributed by atoms with E-state index in [4.69, 9.17) is 18.5 Å². The molecule has 8 unspecified atom stereocenters. The van der Waals surface area contributed by atoms with Crippen LogP contribution in [0.25, 0.3) is 0 Å². The van der Waals surface area contributed by atoms with Crippen LogP contribution in [0.1, 0.15) is 114 Å². The molecule has 0 radical (unpaired) electrons. The van der Waals surface area contributed by atoms with Crippen LogP contribution >= 0.6 is 8.53 Å². The topological polar surface area (TPSA) is 40.2 Å². The van der Waals surface area contributed by atoms with Crippen LogP contribution in [0.2, 0.25) is 0 Å². The van der Waals surface area contributed by atoms with Crippen molar-refractivity contribution in [2.45, 2.75) is 115 Å². The summed E-state index contributed by atoms with van der Waals surface area (Å²) in [4.78, 5) is 0. The average Bonchev–Trinajstić information content (AvgIpc) is 3.25. The van der Waals surface area contributed by atoms with Crippen LogP contribution in [0.3, 0.4) is 0 Å². The highest BCUT2D eigenvalue weighted by Crippen LogP contribution is 2.65. The highest BCUT2D eigenvalue weighted by atomic mass is 31.2. The van der Waals surface area contributed by atoms with Gasteiger partial charge in [0.15, 0.2) is 0 Å². The molecule has 6 heteroatoms. The lowest BCUT2D eigenvalue weighted by atomic mass is 9.53. The molecule has 0 bridgehead atoms. The van der Waals surface area contributed by atoms with E-state index in [2.05, 4.69) is 67.0 Å². The highest BCUT2D eigenvalue weighted by molar-refractivity contribution is 7.44. The Morgan fingerprint density at radius 1 is 0.591 bits per heavy atom. The predicted molar refractivity (Wildman–Crippen MR) is 178 cm³/mol. The molecule has 1 aliphatic heterocycles. The third kappa shape index (κ3) is 5.96. The molecule has 1 saturated heterocycles. The Morgan fingerprint density at radius 2 is 1.00 bits per heavy atom. The first-order valence-corrected chi connectivity index (χ1v) is 18.9. The molecule has 5 aliphatic rings. The monoisotopic (exact) mass is 619 g/mol. The first kappa shape index (κ1) is 31.0. The van der Waals surface area contributed by atoms with Crippen molar-refractivity contribution in [3.8, 4) is 11.5 Å². The quantitative estimate of drug-likeness (QED) is 0.289. The van der Waals surface area contributed by atoms with E-state index in [9.17, 15) is 0 Å². The summed E-state index contributed by atoms with van der Waals surface area (Å²) in [7, 11) is 2.20. The van der Waals surface area contributed by atoms with Crippen molar-refractivity contribution in [1.29, 1.82) is 0 Å². The number of hydrogen-bond donors (Lipinski definition) is 0. The zero-order valence-electron chi connectivity index (χ0n) is 27.4. The first-order valence-electron chi connectivity index (χ1n) is 17.8. The molecule has 5 fully saturated rings. The van der Waals surface area contributed by atoms with E-state index in [1.165, 1.54) is 88.2 Å². The van der Waals surface area contributed by atoms with Gasteiger partial charge in [-0.05, 0) is 123 Å². The molecule has 1 heterocycles. The molecular weight excluding hydrogens is 565 g/mol. The van der Waals surface area contributed by atoms with Gasteiger partial charge in [0.05, 0.1) is 26.4 Å². The maximum absolute atomic E-state index is 7.49. The summed E-state index contributed by atoms with van der Waals surface area (Å²) >= 11 is 0. The van der Waals surface area contributed by atoms with Crippen LogP contribution in [-0.4, -0.2) is 31.1 Å². The fourth-order valence-corrected chi connectivity index (χ4v) is 12.3. The molecule has 0 amide bonds. The number of nitrogens with zero attached hydrogens (tertiary/aromatic N) is 1. The Hall–Kier alpha value is -1.65. The lowest BCUT2D eigenvalue weighted by molar-refractivity contribution is -0.0856. The Bertz CT molecular complexity index is 1130. The van der Waals surface area contributed by atoms with E-state index in [0.29, 0.717) is 24.0 Å². The molecular formula is C38H54NO4P. The van der Waals surface area contributed by atoms with Crippen LogP contribution in [0.15, 0.2) is 48.5 Å². The summed E-state index contributed by atoms with van der Waals surface area (Å²) in [5, 5.41) is 0. The fourth-order valence-electron chi connectivity index (χ4n) is 10.3. The van der Waals surface area contributed by atoms with E-state index in [-0.39, 0.29) is 12.1 Å². The van der Waals surface area contributed by atoms with Crippen molar-refractivity contribution in [2.24, 2.45) is 35.5 Å². The van der Waals surface area contributed by atoms with E-state index in [1.54, 1.807) is 14.2 Å². The largest absolute Gasteiger partial charge is 0.497 e. The van der Waals surface area contributed by atoms with Crippen LogP contribution in [0.5, 0.6) is 11.5 Å². The van der Waals surface area contributed by atoms with Gasteiger partial charge >= 0.3 is 0 Å². The zero-order chi connectivity index (χ0) is 30.2. The lowest BCUT2D eigenvalue weighted by Crippen LogP contribution is -2.51. The average molecular weight is 620 g/mol. The number of ether oxygens (including phenoxy) is 2. The van der Waals surface area contributed by atoms with Crippen molar-refractivity contribution >= 4 is 8.53 Å². The summed E-state index contributed by atoms with van der Waals surface area (Å²) in [5.74, 6) is 6.54. The van der Waals surface area contributed by atoms with E-state index in [1.807, 2.05) is 0 Å². The van der Waals surface area contributed by atoms with Gasteiger partial charge in [0.25, 0.3) is 8.53 Å². The van der Waals surface area contributed by atoms with Crippen LogP contribution < -0.4 is 9.47 Å². The van der Waals surface area contributed by atoms with E-state index < -0.39 is 8.53 Å². The van der Waals surface area contributed by atoms with Crippen molar-refractivity contribution in [3.63, 3.8) is 0 Å². The van der Waals surface area contributed by atoms with Gasteiger partial charge in [0.1, 0.15) is 11.5 Å². The number of methoxy groups -OCH3 is 2. The number of hydrogen-bond acceptors (Lipinski definition) is 5. The molecule has 240 valence electrons. The SMILES string of the molecule is COc1ccc([C@H](C)N([C@@H](C)c2ccc(OC)cc2)P2OC3CCC4CCCCC4C3C3C(CCC4CCCCC43)O2)cc1. The summed E-state index contributed by atoms with van der Waals surface area (Å²) in [5.41, 5.74) is 2.54. The second-order valence-electron chi connectivity index (χ2n) is 14.5. The molecule has 4 saturated carbocycles. The minimum absolute atomic E-state index is 0.121. The normalized spacial score (nSPS) is 36.5. The minimum atomic E-state index is -1.28. The maximum atomic E-state index is 7.49. The van der Waals surface area contributed by atoms with Crippen molar-refractivity contribution < 1.29 is 18.5 Å². The summed E-state index contributed by atoms with van der Waals surface area (Å²) < 4.78 is 28.6. The molecule has 5 nitrogen and oxygen atoms in total. The molecule has 0 N–H and O–H groups in total. The van der Waals surface area contributed by atoms with Gasteiger partial charge in [0, 0.05) is 12.1 Å². The highest BCUT2D eigenvalue weighted by Gasteiger charge is 2.56. The van der Waals surface area contributed by atoms with Crippen LogP contribution in [-0.2, 0) is 9.05 Å². The van der Waals surface area contributed by atoms with Gasteiger partial charge in [0.2, 0.25) is 0 Å². The van der Waals surface area contributed by atoms with Crippen LogP contribution in [0, 0.1) is 35.5 Å². The van der Waals surface area contributed by atoms with Crippen molar-refractivity contribution in [2.75, 3.05) is 14.2 Å². The minimum Gasteiger partial charge on any atom is -0.497 e. The van der Waals surface area contributed by atoms with Gasteiger partial charge < -0.3 is 18.5 Å². The van der Waals surface area contributed by atoms with Crippen molar-refractivity contribution in [3.05, 3.63) is 59.7 Å². The van der Waals surface area contributed by atoms with Gasteiger partial charge in [-0.25, -0.2) is 4.67 Å². The Kier molecular flexibility index (Phi) is 9.58. The van der Waals surface area contributed by atoms with Crippen LogP contribution in [0.4, 0.5) is 0 Å². The molecule has 44 heavy (non-hydrogen) atoms. The third-order valence-electron chi connectivity index (χ3n) is 12.5. The second kappa shape index (κ2) is 13.6. The second-order valence-corrected chi connectivity index (χ2v) is 15.9.